The van der Waals surface area contributed by atoms with Gasteiger partial charge in [0.25, 0.3) is 0 Å². The highest BCUT2D eigenvalue weighted by molar-refractivity contribution is 6.24. The first-order chi connectivity index (χ1) is 9.22. The fourth-order valence-electron chi connectivity index (χ4n) is 2.30. The highest BCUT2D eigenvalue weighted by Crippen LogP contribution is 2.30. The molecule has 2 aromatic carbocycles. The summed E-state index contributed by atoms with van der Waals surface area (Å²) in [5, 5.41) is 2.11. The summed E-state index contributed by atoms with van der Waals surface area (Å²) in [5.41, 5.74) is 3.32. The lowest BCUT2D eigenvalue weighted by Crippen LogP contribution is -1.96. The smallest absolute Gasteiger partial charge is 0.155 e. The van der Waals surface area contributed by atoms with Crippen molar-refractivity contribution in [2.24, 2.45) is 0 Å². The molecule has 3 aromatic rings. The molecule has 0 unspecified atom stereocenters. The monoisotopic (exact) mass is 248 g/mol. The molecule has 19 heavy (non-hydrogen) atoms. The average Bonchev–Trinajstić information content (AvgIpc) is 2.82. The Morgan fingerprint density at radius 2 is 1.84 bits per heavy atom. The van der Waals surface area contributed by atoms with Crippen LogP contribution in [0.25, 0.3) is 28.0 Å². The first-order valence-electron chi connectivity index (χ1n) is 6.35. The number of furan rings is 1. The maximum absolute atomic E-state index is 11.7. The lowest BCUT2D eigenvalue weighted by atomic mass is 9.95. The largest absolute Gasteiger partial charge is 0.456 e. The number of hydrogen-bond acceptors (Lipinski definition) is 2. The van der Waals surface area contributed by atoms with Crippen molar-refractivity contribution < 1.29 is 9.21 Å². The molecule has 0 fully saturated rings. The summed E-state index contributed by atoms with van der Waals surface area (Å²) in [5.74, 6) is 0.133. The van der Waals surface area contributed by atoms with Gasteiger partial charge in [-0.25, -0.2) is 0 Å². The van der Waals surface area contributed by atoms with Gasteiger partial charge in [0.15, 0.2) is 5.78 Å². The molecule has 0 aliphatic rings. The van der Waals surface area contributed by atoms with Crippen molar-refractivity contribution in [1.82, 2.24) is 0 Å². The Morgan fingerprint density at radius 3 is 2.53 bits per heavy atom. The molecule has 0 saturated heterocycles. The zero-order chi connectivity index (χ0) is 13.4. The van der Waals surface area contributed by atoms with Crippen LogP contribution < -0.4 is 0 Å². The van der Waals surface area contributed by atoms with Gasteiger partial charge in [-0.2, -0.15) is 0 Å². The van der Waals surface area contributed by atoms with E-state index in [4.69, 9.17) is 4.42 Å². The number of carbonyl (C=O) groups is 1. The van der Waals surface area contributed by atoms with E-state index < -0.39 is 0 Å². The van der Waals surface area contributed by atoms with E-state index in [0.717, 1.165) is 27.5 Å². The van der Waals surface area contributed by atoms with Gasteiger partial charge in [0.2, 0.25) is 0 Å². The van der Waals surface area contributed by atoms with Crippen LogP contribution >= 0.6 is 0 Å². The van der Waals surface area contributed by atoms with Crippen molar-refractivity contribution in [3.8, 4) is 0 Å². The molecule has 0 bridgehead atoms. The lowest BCUT2D eigenvalue weighted by Gasteiger charge is -1.96. The van der Waals surface area contributed by atoms with Crippen molar-refractivity contribution in [3.05, 3.63) is 54.1 Å². The molecule has 0 saturated carbocycles. The number of benzene rings is 2. The summed E-state index contributed by atoms with van der Waals surface area (Å²) in [6, 6.07) is 11.6. The van der Waals surface area contributed by atoms with Crippen molar-refractivity contribution in [2.75, 3.05) is 0 Å². The third kappa shape index (κ3) is 1.87. The van der Waals surface area contributed by atoms with Crippen LogP contribution in [0.3, 0.4) is 0 Å². The SMILES string of the molecule is BCC(=O)c1ccc2c(c1)oc1cc(C=C)ccc12. The van der Waals surface area contributed by atoms with Crippen LogP contribution in [-0.2, 0) is 0 Å². The number of fused-ring (bicyclic) bond motifs is 3. The van der Waals surface area contributed by atoms with Gasteiger partial charge in [0, 0.05) is 16.3 Å². The molecule has 2 nitrogen and oxygen atoms in total. The predicted octanol–water partition coefficient (Wildman–Crippen LogP) is 3.46. The summed E-state index contributed by atoms with van der Waals surface area (Å²) >= 11 is 0. The molecule has 1 aromatic heterocycles. The molecular formula is C16H13BO2. The van der Waals surface area contributed by atoms with Crippen LogP contribution in [0, 0.1) is 0 Å². The molecular weight excluding hydrogens is 235 g/mol. The average molecular weight is 248 g/mol. The molecule has 3 rings (SSSR count). The maximum Gasteiger partial charge on any atom is 0.155 e. The minimum absolute atomic E-state index is 0.133. The molecule has 1 heterocycles. The first-order valence-corrected chi connectivity index (χ1v) is 6.35. The van der Waals surface area contributed by atoms with Crippen LogP contribution in [0.5, 0.6) is 0 Å². The number of rotatable bonds is 3. The third-order valence-corrected chi connectivity index (χ3v) is 3.38. The van der Waals surface area contributed by atoms with Crippen LogP contribution in [0.2, 0.25) is 6.32 Å². The van der Waals surface area contributed by atoms with Crippen molar-refractivity contribution >= 4 is 41.6 Å². The van der Waals surface area contributed by atoms with Gasteiger partial charge in [-0.1, -0.05) is 24.8 Å². The third-order valence-electron chi connectivity index (χ3n) is 3.38. The second kappa shape index (κ2) is 4.43. The number of carbonyl (C=O) groups excluding carboxylic acids is 1. The van der Waals surface area contributed by atoms with E-state index in [9.17, 15) is 4.79 Å². The second-order valence-corrected chi connectivity index (χ2v) is 4.55. The summed E-state index contributed by atoms with van der Waals surface area (Å²) in [4.78, 5) is 11.7. The highest BCUT2D eigenvalue weighted by atomic mass is 16.3. The molecule has 0 aliphatic heterocycles. The minimum atomic E-state index is 0.133. The van der Waals surface area contributed by atoms with E-state index in [1.165, 1.54) is 0 Å². The Morgan fingerprint density at radius 1 is 1.16 bits per heavy atom. The van der Waals surface area contributed by atoms with Crippen molar-refractivity contribution in [2.45, 2.75) is 6.32 Å². The minimum Gasteiger partial charge on any atom is -0.456 e. The van der Waals surface area contributed by atoms with E-state index >= 15 is 0 Å². The summed E-state index contributed by atoms with van der Waals surface area (Å²) < 4.78 is 5.83. The zero-order valence-corrected chi connectivity index (χ0v) is 10.8. The van der Waals surface area contributed by atoms with Gasteiger partial charge in [-0.15, -0.1) is 0 Å². The van der Waals surface area contributed by atoms with E-state index in [1.54, 1.807) is 6.08 Å². The summed E-state index contributed by atoms with van der Waals surface area (Å²) in [6.07, 6.45) is 2.30. The van der Waals surface area contributed by atoms with E-state index in [1.807, 2.05) is 44.2 Å². The predicted molar refractivity (Wildman–Crippen MR) is 81.5 cm³/mol. The molecule has 0 radical (unpaired) electrons. The van der Waals surface area contributed by atoms with Gasteiger partial charge in [0.05, 0.1) is 0 Å². The van der Waals surface area contributed by atoms with Gasteiger partial charge >= 0.3 is 0 Å². The Bertz CT molecular complexity index is 799. The Hall–Kier alpha value is -2.29. The van der Waals surface area contributed by atoms with Crippen molar-refractivity contribution in [1.29, 1.82) is 0 Å². The molecule has 92 valence electrons. The van der Waals surface area contributed by atoms with Crippen molar-refractivity contribution in [3.63, 3.8) is 0 Å². The van der Waals surface area contributed by atoms with Gasteiger partial charge in [-0.3, -0.25) is 4.79 Å². The van der Waals surface area contributed by atoms with Gasteiger partial charge in [0.1, 0.15) is 19.0 Å². The summed E-state index contributed by atoms with van der Waals surface area (Å²) in [7, 11) is 1.86. The Kier molecular flexibility index (Phi) is 2.75. The van der Waals surface area contributed by atoms with Crippen LogP contribution in [0.4, 0.5) is 0 Å². The topological polar surface area (TPSA) is 30.2 Å². The lowest BCUT2D eigenvalue weighted by molar-refractivity contribution is 0.101. The Labute approximate surface area is 112 Å². The Balaban J connectivity index is 2.27. The number of Topliss-reactive ketones (excluding diaryl/α,β-unsaturated/α-hetero) is 1. The highest BCUT2D eigenvalue weighted by Gasteiger charge is 2.10. The number of ketones is 1. The fraction of sp³-hybridized carbons (Fsp3) is 0.0625. The molecule has 0 amide bonds. The quantitative estimate of drug-likeness (QED) is 0.524. The van der Waals surface area contributed by atoms with E-state index in [-0.39, 0.29) is 5.78 Å². The summed E-state index contributed by atoms with van der Waals surface area (Å²) in [6.45, 7) is 3.75. The van der Waals surface area contributed by atoms with Crippen LogP contribution in [0.15, 0.2) is 47.4 Å². The van der Waals surface area contributed by atoms with Gasteiger partial charge in [-0.05, 0) is 36.1 Å². The first kappa shape index (κ1) is 11.8. The molecule has 0 spiro atoms. The maximum atomic E-state index is 11.7. The fourth-order valence-corrected chi connectivity index (χ4v) is 2.30. The van der Waals surface area contributed by atoms with E-state index in [2.05, 4.69) is 6.58 Å². The van der Waals surface area contributed by atoms with Crippen LogP contribution in [-0.4, -0.2) is 13.6 Å². The molecule has 3 heteroatoms. The molecule has 0 atom stereocenters. The normalized spacial score (nSPS) is 10.9. The number of hydrogen-bond donors (Lipinski definition) is 0. The van der Waals surface area contributed by atoms with Crippen LogP contribution in [0.1, 0.15) is 15.9 Å². The van der Waals surface area contributed by atoms with Gasteiger partial charge < -0.3 is 4.42 Å². The zero-order valence-electron chi connectivity index (χ0n) is 10.8. The van der Waals surface area contributed by atoms with E-state index in [0.29, 0.717) is 11.9 Å². The standard InChI is InChI=1S/C16H13BO2/c1-2-10-3-5-12-13-6-4-11(14(18)9-17)8-16(13)19-15(12)7-10/h2-8H,1,9,17H2. The molecule has 0 N–H and O–H groups in total. The second-order valence-electron chi connectivity index (χ2n) is 4.55. The molecule has 0 aliphatic carbocycles.